The molecule has 7 heteroatoms. The molecule has 1 aromatic carbocycles. The molecule has 0 spiro atoms. The molecule has 0 bridgehead atoms. The van der Waals surface area contributed by atoms with Crippen molar-refractivity contribution >= 4 is 29.5 Å². The lowest BCUT2D eigenvalue weighted by Gasteiger charge is -2.32. The molecule has 0 aromatic heterocycles. The standard InChI is InChI=1S/C25H35N3O3S/c1-15(2)14-19(21(29)26-16-10-6-5-7-11-16)27-22(30)20-25(3,4)32-24-18-13-9-8-12-17(18)23(31)28(20)24/h8-9,12-13,15-16,19-20,24H,5-7,10-11,14H2,1-4H3,(H,26,29)(H,27,30)/t19-,20+,24-/m0/s1. The average Bonchev–Trinajstić information content (AvgIpc) is 3.17. The van der Waals surface area contributed by atoms with Gasteiger partial charge in [0.2, 0.25) is 11.8 Å². The smallest absolute Gasteiger partial charge is 0.256 e. The Kier molecular flexibility index (Phi) is 6.57. The van der Waals surface area contributed by atoms with E-state index in [0.29, 0.717) is 12.0 Å². The predicted molar refractivity (Wildman–Crippen MR) is 127 cm³/mol. The molecule has 2 N–H and O–H groups in total. The highest BCUT2D eigenvalue weighted by molar-refractivity contribution is 8.01. The summed E-state index contributed by atoms with van der Waals surface area (Å²) in [5.74, 6) is -0.185. The molecule has 32 heavy (non-hydrogen) atoms. The van der Waals surface area contributed by atoms with E-state index in [2.05, 4.69) is 24.5 Å². The number of carbonyl (C=O) groups excluding carboxylic acids is 3. The van der Waals surface area contributed by atoms with Gasteiger partial charge in [0.05, 0.1) is 0 Å². The maximum absolute atomic E-state index is 13.6. The normalized spacial score (nSPS) is 25.4. The van der Waals surface area contributed by atoms with Gasteiger partial charge in [-0.2, -0.15) is 0 Å². The van der Waals surface area contributed by atoms with E-state index in [0.717, 1.165) is 31.2 Å². The summed E-state index contributed by atoms with van der Waals surface area (Å²) in [4.78, 5) is 41.6. The minimum atomic E-state index is -0.630. The predicted octanol–water partition coefficient (Wildman–Crippen LogP) is 4.01. The van der Waals surface area contributed by atoms with Crippen molar-refractivity contribution in [2.24, 2.45) is 5.92 Å². The summed E-state index contributed by atoms with van der Waals surface area (Å²) in [5.41, 5.74) is 1.65. The van der Waals surface area contributed by atoms with E-state index >= 15 is 0 Å². The van der Waals surface area contributed by atoms with Gasteiger partial charge in [0.15, 0.2) is 0 Å². The molecule has 3 amide bonds. The Balaban J connectivity index is 1.52. The highest BCUT2D eigenvalue weighted by atomic mass is 32.2. The van der Waals surface area contributed by atoms with Crippen LogP contribution < -0.4 is 10.6 Å². The number of nitrogens with zero attached hydrogens (tertiary/aromatic N) is 1. The van der Waals surface area contributed by atoms with Crippen molar-refractivity contribution in [3.05, 3.63) is 35.4 Å². The van der Waals surface area contributed by atoms with Gasteiger partial charge in [-0.05, 0) is 50.7 Å². The number of fused-ring (bicyclic) bond motifs is 3. The maximum Gasteiger partial charge on any atom is 0.256 e. The second kappa shape index (κ2) is 9.08. The van der Waals surface area contributed by atoms with Crippen molar-refractivity contribution in [1.29, 1.82) is 0 Å². The molecule has 2 fully saturated rings. The van der Waals surface area contributed by atoms with Crippen molar-refractivity contribution in [3.63, 3.8) is 0 Å². The van der Waals surface area contributed by atoms with Gasteiger partial charge in [-0.3, -0.25) is 14.4 Å². The zero-order chi connectivity index (χ0) is 23.0. The fourth-order valence-corrected chi connectivity index (χ4v) is 6.90. The van der Waals surface area contributed by atoms with Crippen LogP contribution >= 0.6 is 11.8 Å². The Hall–Kier alpha value is -2.02. The molecule has 6 nitrogen and oxygen atoms in total. The first-order chi connectivity index (χ1) is 15.2. The molecule has 2 aliphatic heterocycles. The van der Waals surface area contributed by atoms with Crippen molar-refractivity contribution < 1.29 is 14.4 Å². The average molecular weight is 458 g/mol. The molecular weight excluding hydrogens is 422 g/mol. The molecule has 1 saturated heterocycles. The van der Waals surface area contributed by atoms with Crippen molar-refractivity contribution in [2.45, 2.75) is 94.5 Å². The number of rotatable bonds is 6. The van der Waals surface area contributed by atoms with Crippen LogP contribution in [0.5, 0.6) is 0 Å². The molecule has 3 atom stereocenters. The van der Waals surface area contributed by atoms with Crippen LogP contribution in [-0.2, 0) is 9.59 Å². The number of nitrogens with one attached hydrogen (secondary N) is 2. The quantitative estimate of drug-likeness (QED) is 0.676. The van der Waals surface area contributed by atoms with Crippen LogP contribution in [0.2, 0.25) is 0 Å². The molecule has 0 unspecified atom stereocenters. The summed E-state index contributed by atoms with van der Waals surface area (Å²) < 4.78 is -0.458. The van der Waals surface area contributed by atoms with E-state index in [9.17, 15) is 14.4 Å². The van der Waals surface area contributed by atoms with Crippen molar-refractivity contribution in [3.8, 4) is 0 Å². The van der Waals surface area contributed by atoms with Crippen LogP contribution in [0.4, 0.5) is 0 Å². The van der Waals surface area contributed by atoms with Gasteiger partial charge in [0, 0.05) is 16.4 Å². The number of carbonyl (C=O) groups is 3. The molecule has 4 rings (SSSR count). The highest BCUT2D eigenvalue weighted by Crippen LogP contribution is 2.56. The van der Waals surface area contributed by atoms with Gasteiger partial charge in [-0.15, -0.1) is 11.8 Å². The van der Waals surface area contributed by atoms with Crippen LogP contribution in [0.15, 0.2) is 24.3 Å². The van der Waals surface area contributed by atoms with Crippen LogP contribution in [0.3, 0.4) is 0 Å². The number of benzene rings is 1. The lowest BCUT2D eigenvalue weighted by atomic mass is 9.94. The van der Waals surface area contributed by atoms with Gasteiger partial charge >= 0.3 is 0 Å². The van der Waals surface area contributed by atoms with Gasteiger partial charge < -0.3 is 15.5 Å². The van der Waals surface area contributed by atoms with E-state index < -0.39 is 16.8 Å². The van der Waals surface area contributed by atoms with Crippen LogP contribution in [0, 0.1) is 5.92 Å². The molecule has 1 saturated carbocycles. The Labute approximate surface area is 195 Å². The van der Waals surface area contributed by atoms with Gasteiger partial charge in [0.25, 0.3) is 5.91 Å². The van der Waals surface area contributed by atoms with E-state index in [1.807, 2.05) is 38.1 Å². The molecule has 3 aliphatic rings. The lowest BCUT2D eigenvalue weighted by Crippen LogP contribution is -2.58. The lowest BCUT2D eigenvalue weighted by molar-refractivity contribution is -0.132. The fourth-order valence-electron chi connectivity index (χ4n) is 5.31. The number of hydrogen-bond acceptors (Lipinski definition) is 4. The number of hydrogen-bond donors (Lipinski definition) is 2. The van der Waals surface area contributed by atoms with Gasteiger partial charge in [0.1, 0.15) is 17.5 Å². The largest absolute Gasteiger partial charge is 0.352 e. The Bertz CT molecular complexity index is 894. The second-order valence-electron chi connectivity index (χ2n) is 10.3. The minimum absolute atomic E-state index is 0.101. The van der Waals surface area contributed by atoms with Crippen LogP contribution in [-0.4, -0.2) is 45.5 Å². The van der Waals surface area contributed by atoms with E-state index in [-0.39, 0.29) is 35.1 Å². The van der Waals surface area contributed by atoms with Crippen LogP contribution in [0.25, 0.3) is 0 Å². The minimum Gasteiger partial charge on any atom is -0.352 e. The number of amides is 3. The maximum atomic E-state index is 13.6. The summed E-state index contributed by atoms with van der Waals surface area (Å²) in [6, 6.07) is 6.57. The Morgan fingerprint density at radius 3 is 2.53 bits per heavy atom. The van der Waals surface area contributed by atoms with Crippen molar-refractivity contribution in [2.75, 3.05) is 0 Å². The third kappa shape index (κ3) is 4.41. The number of thioether (sulfide) groups is 1. The molecule has 1 aromatic rings. The van der Waals surface area contributed by atoms with Crippen LogP contribution in [0.1, 0.15) is 87.5 Å². The van der Waals surface area contributed by atoms with E-state index in [1.165, 1.54) is 6.42 Å². The zero-order valence-electron chi connectivity index (χ0n) is 19.5. The van der Waals surface area contributed by atoms with Crippen molar-refractivity contribution in [1.82, 2.24) is 15.5 Å². The SMILES string of the molecule is CC(C)C[C@H](NC(=O)[C@H]1N2C(=O)c3ccccc3[C@@H]2SC1(C)C)C(=O)NC1CCCCC1. The summed E-state index contributed by atoms with van der Waals surface area (Å²) in [6.45, 7) is 8.13. The molecular formula is C25H35N3O3S. The molecule has 0 radical (unpaired) electrons. The third-order valence-electron chi connectivity index (χ3n) is 6.84. The third-order valence-corrected chi connectivity index (χ3v) is 8.37. The molecule has 2 heterocycles. The molecule has 1 aliphatic carbocycles. The first kappa shape index (κ1) is 23.1. The Morgan fingerprint density at radius 2 is 1.84 bits per heavy atom. The molecule has 174 valence electrons. The topological polar surface area (TPSA) is 78.5 Å². The van der Waals surface area contributed by atoms with E-state index in [4.69, 9.17) is 0 Å². The second-order valence-corrected chi connectivity index (χ2v) is 12.0. The van der Waals surface area contributed by atoms with E-state index in [1.54, 1.807) is 16.7 Å². The summed E-state index contributed by atoms with van der Waals surface area (Å²) in [7, 11) is 0. The summed E-state index contributed by atoms with van der Waals surface area (Å²) >= 11 is 1.64. The first-order valence-corrected chi connectivity index (χ1v) is 12.8. The van der Waals surface area contributed by atoms with Gasteiger partial charge in [-0.1, -0.05) is 51.3 Å². The first-order valence-electron chi connectivity index (χ1n) is 11.9. The monoisotopic (exact) mass is 457 g/mol. The highest BCUT2D eigenvalue weighted by Gasteiger charge is 2.57. The Morgan fingerprint density at radius 1 is 1.16 bits per heavy atom. The van der Waals surface area contributed by atoms with Gasteiger partial charge in [-0.25, -0.2) is 0 Å². The summed E-state index contributed by atoms with van der Waals surface area (Å²) in [5, 5.41) is 6.04. The summed E-state index contributed by atoms with van der Waals surface area (Å²) in [6.07, 6.45) is 6.07. The fraction of sp³-hybridized carbons (Fsp3) is 0.640. The zero-order valence-corrected chi connectivity index (χ0v) is 20.3.